The maximum Gasteiger partial charge on any atom is 0.277 e. The number of carbonyl (C=O) groups is 1. The Kier molecular flexibility index (Phi) is 6.41. The normalized spacial score (nSPS) is 10.9. The predicted molar refractivity (Wildman–Crippen MR) is 126 cm³/mol. The Labute approximate surface area is 187 Å². The van der Waals surface area contributed by atoms with Gasteiger partial charge in [0.15, 0.2) is 6.61 Å². The van der Waals surface area contributed by atoms with E-state index in [2.05, 4.69) is 16.6 Å². The molecule has 0 unspecified atom stereocenters. The molecule has 4 aromatic rings. The van der Waals surface area contributed by atoms with Crippen LogP contribution in [-0.2, 0) is 4.79 Å². The number of nitrogens with zero attached hydrogens (tertiary/aromatic N) is 3. The Morgan fingerprint density at radius 1 is 1.00 bits per heavy atom. The predicted octanol–water partition coefficient (Wildman–Crippen LogP) is 4.69. The topological polar surface area (TPSA) is 68.5 Å². The molecule has 0 fully saturated rings. The fourth-order valence-corrected chi connectivity index (χ4v) is 3.27. The van der Waals surface area contributed by atoms with Crippen LogP contribution in [0.4, 0.5) is 0 Å². The van der Waals surface area contributed by atoms with Crippen LogP contribution in [0.3, 0.4) is 0 Å². The number of benzene rings is 3. The summed E-state index contributed by atoms with van der Waals surface area (Å²) in [7, 11) is 0. The number of para-hydroxylation sites is 1. The van der Waals surface area contributed by atoms with E-state index < -0.39 is 0 Å². The van der Waals surface area contributed by atoms with Crippen molar-refractivity contribution >= 4 is 12.1 Å². The summed E-state index contributed by atoms with van der Waals surface area (Å²) in [5.41, 5.74) is 8.23. The summed E-state index contributed by atoms with van der Waals surface area (Å²) in [4.78, 5) is 12.1. The number of amides is 1. The molecular weight excluding hydrogens is 400 g/mol. The summed E-state index contributed by atoms with van der Waals surface area (Å²) >= 11 is 0. The van der Waals surface area contributed by atoms with E-state index in [0.29, 0.717) is 5.75 Å². The first-order chi connectivity index (χ1) is 15.6. The number of hydrogen-bond acceptors (Lipinski definition) is 4. The largest absolute Gasteiger partial charge is 0.484 e. The van der Waals surface area contributed by atoms with Crippen LogP contribution in [0.15, 0.2) is 90.2 Å². The van der Waals surface area contributed by atoms with Gasteiger partial charge in [0.2, 0.25) is 0 Å². The second-order valence-corrected chi connectivity index (χ2v) is 7.48. The number of aromatic nitrogens is 2. The van der Waals surface area contributed by atoms with Gasteiger partial charge in [-0.05, 0) is 49.7 Å². The van der Waals surface area contributed by atoms with Gasteiger partial charge in [-0.1, -0.05) is 54.1 Å². The van der Waals surface area contributed by atoms with Crippen molar-refractivity contribution in [3.05, 3.63) is 102 Å². The fourth-order valence-electron chi connectivity index (χ4n) is 3.27. The second-order valence-electron chi connectivity index (χ2n) is 7.48. The van der Waals surface area contributed by atoms with Crippen LogP contribution in [0.2, 0.25) is 0 Å². The Morgan fingerprint density at radius 2 is 1.75 bits per heavy atom. The van der Waals surface area contributed by atoms with Crippen molar-refractivity contribution in [3.8, 4) is 22.7 Å². The Hall–Kier alpha value is -4.19. The van der Waals surface area contributed by atoms with Crippen LogP contribution in [-0.4, -0.2) is 28.5 Å². The quantitative estimate of drug-likeness (QED) is 0.346. The lowest BCUT2D eigenvalue weighted by Gasteiger charge is -2.05. The highest BCUT2D eigenvalue weighted by atomic mass is 16.5. The third-order valence-electron chi connectivity index (χ3n) is 4.81. The van der Waals surface area contributed by atoms with E-state index >= 15 is 0 Å². The molecule has 6 nitrogen and oxygen atoms in total. The summed E-state index contributed by atoms with van der Waals surface area (Å²) < 4.78 is 7.32. The summed E-state index contributed by atoms with van der Waals surface area (Å²) in [6, 6.07) is 25.5. The minimum Gasteiger partial charge on any atom is -0.484 e. The maximum atomic E-state index is 12.1. The van der Waals surface area contributed by atoms with Crippen LogP contribution in [0.5, 0.6) is 5.75 Å². The van der Waals surface area contributed by atoms with Crippen LogP contribution < -0.4 is 10.2 Å². The fraction of sp³-hybridized carbons (Fsp3) is 0.115. The monoisotopic (exact) mass is 424 g/mol. The van der Waals surface area contributed by atoms with Gasteiger partial charge in [-0.15, -0.1) is 0 Å². The SMILES string of the molecule is Cc1cccc(OCC(=O)N/N=C/c2cn(-c3ccccc3)nc2-c2cccc(C)c2)c1. The van der Waals surface area contributed by atoms with Gasteiger partial charge in [-0.3, -0.25) is 4.79 Å². The van der Waals surface area contributed by atoms with E-state index in [9.17, 15) is 4.79 Å². The molecule has 32 heavy (non-hydrogen) atoms. The van der Waals surface area contributed by atoms with Gasteiger partial charge in [-0.2, -0.15) is 10.2 Å². The number of nitrogens with one attached hydrogen (secondary N) is 1. The summed E-state index contributed by atoms with van der Waals surface area (Å²) in [6.45, 7) is 3.90. The maximum absolute atomic E-state index is 12.1. The van der Waals surface area contributed by atoms with E-state index in [4.69, 9.17) is 9.84 Å². The molecule has 160 valence electrons. The minimum atomic E-state index is -0.338. The molecule has 0 aliphatic rings. The molecule has 1 amide bonds. The van der Waals surface area contributed by atoms with Gasteiger partial charge < -0.3 is 4.74 Å². The highest BCUT2D eigenvalue weighted by Gasteiger charge is 2.11. The zero-order chi connectivity index (χ0) is 22.3. The van der Waals surface area contributed by atoms with E-state index in [-0.39, 0.29) is 12.5 Å². The van der Waals surface area contributed by atoms with Crippen molar-refractivity contribution in [2.45, 2.75) is 13.8 Å². The van der Waals surface area contributed by atoms with Gasteiger partial charge in [0.25, 0.3) is 5.91 Å². The molecule has 3 aromatic carbocycles. The van der Waals surface area contributed by atoms with Crippen LogP contribution in [0, 0.1) is 13.8 Å². The summed E-state index contributed by atoms with van der Waals surface area (Å²) in [5, 5.41) is 8.89. The van der Waals surface area contributed by atoms with E-state index in [1.807, 2.05) is 97.5 Å². The first-order valence-electron chi connectivity index (χ1n) is 10.3. The average Bonchev–Trinajstić information content (AvgIpc) is 3.23. The number of ether oxygens (including phenoxy) is 1. The Morgan fingerprint density at radius 3 is 2.50 bits per heavy atom. The molecular formula is C26H24N4O2. The molecule has 0 saturated heterocycles. The third kappa shape index (κ3) is 5.29. The lowest BCUT2D eigenvalue weighted by atomic mass is 10.1. The van der Waals surface area contributed by atoms with Gasteiger partial charge in [0.05, 0.1) is 11.9 Å². The highest BCUT2D eigenvalue weighted by Crippen LogP contribution is 2.23. The van der Waals surface area contributed by atoms with Crippen molar-refractivity contribution in [2.24, 2.45) is 5.10 Å². The average molecular weight is 425 g/mol. The zero-order valence-corrected chi connectivity index (χ0v) is 18.0. The third-order valence-corrected chi connectivity index (χ3v) is 4.81. The minimum absolute atomic E-state index is 0.116. The Balaban J connectivity index is 1.50. The van der Waals surface area contributed by atoms with Crippen molar-refractivity contribution in [3.63, 3.8) is 0 Å². The van der Waals surface area contributed by atoms with Crippen LogP contribution in [0.1, 0.15) is 16.7 Å². The van der Waals surface area contributed by atoms with Gasteiger partial charge >= 0.3 is 0 Å². The van der Waals surface area contributed by atoms with Crippen molar-refractivity contribution in [1.29, 1.82) is 0 Å². The standard InChI is InChI=1S/C26H24N4O2/c1-19-8-6-10-21(14-19)26-22(17-30(29-26)23-11-4-3-5-12-23)16-27-28-25(31)18-32-24-13-7-9-20(2)15-24/h3-17H,18H2,1-2H3,(H,28,31)/b27-16+. The van der Waals surface area contributed by atoms with Gasteiger partial charge in [-0.25, -0.2) is 10.1 Å². The molecule has 4 rings (SSSR count). The Bertz CT molecular complexity index is 1250. The first-order valence-corrected chi connectivity index (χ1v) is 10.3. The molecule has 6 heteroatoms. The molecule has 0 aliphatic heterocycles. The smallest absolute Gasteiger partial charge is 0.277 e. The van der Waals surface area contributed by atoms with Crippen molar-refractivity contribution in [1.82, 2.24) is 15.2 Å². The molecule has 1 aromatic heterocycles. The number of hydrogen-bond donors (Lipinski definition) is 1. The molecule has 1 heterocycles. The number of rotatable bonds is 7. The summed E-state index contributed by atoms with van der Waals surface area (Å²) in [5.74, 6) is 0.310. The summed E-state index contributed by atoms with van der Waals surface area (Å²) in [6.07, 6.45) is 3.50. The zero-order valence-electron chi connectivity index (χ0n) is 18.0. The van der Waals surface area contributed by atoms with E-state index in [1.54, 1.807) is 6.21 Å². The van der Waals surface area contributed by atoms with E-state index in [0.717, 1.165) is 33.6 Å². The second kappa shape index (κ2) is 9.75. The number of aryl methyl sites for hydroxylation is 2. The van der Waals surface area contributed by atoms with E-state index in [1.165, 1.54) is 0 Å². The van der Waals surface area contributed by atoms with Crippen LogP contribution >= 0.6 is 0 Å². The molecule has 1 N–H and O–H groups in total. The molecule has 0 radical (unpaired) electrons. The highest BCUT2D eigenvalue weighted by molar-refractivity contribution is 5.89. The van der Waals surface area contributed by atoms with Crippen molar-refractivity contribution in [2.75, 3.05) is 6.61 Å². The first kappa shape index (κ1) is 21.1. The van der Waals surface area contributed by atoms with Gasteiger partial charge in [0.1, 0.15) is 11.4 Å². The molecule has 0 saturated carbocycles. The lowest BCUT2D eigenvalue weighted by Crippen LogP contribution is -2.24. The lowest BCUT2D eigenvalue weighted by molar-refractivity contribution is -0.123. The van der Waals surface area contributed by atoms with Gasteiger partial charge in [0, 0.05) is 17.3 Å². The molecule has 0 spiro atoms. The van der Waals surface area contributed by atoms with Crippen LogP contribution in [0.25, 0.3) is 16.9 Å². The molecule has 0 atom stereocenters. The number of hydrazone groups is 1. The molecule has 0 aliphatic carbocycles. The number of carbonyl (C=O) groups excluding carboxylic acids is 1. The van der Waals surface area contributed by atoms with Crippen molar-refractivity contribution < 1.29 is 9.53 Å². The molecule has 0 bridgehead atoms.